The third-order valence-corrected chi connectivity index (χ3v) is 4.29. The molecule has 1 saturated heterocycles. The van der Waals surface area contributed by atoms with Gasteiger partial charge in [0.1, 0.15) is 0 Å². The van der Waals surface area contributed by atoms with Crippen LogP contribution in [0.2, 0.25) is 0 Å². The lowest BCUT2D eigenvalue weighted by molar-refractivity contribution is -0.396. The molecule has 0 aromatic carbocycles. The second-order valence-corrected chi connectivity index (χ2v) is 6.54. The van der Waals surface area contributed by atoms with Gasteiger partial charge in [0, 0.05) is 19.6 Å². The summed E-state index contributed by atoms with van der Waals surface area (Å²) in [7, 11) is 0. The number of hydrogen-bond donors (Lipinski definition) is 0. The number of hydrogen-bond acceptors (Lipinski definition) is 2. The van der Waals surface area contributed by atoms with Crippen molar-refractivity contribution < 1.29 is 49.0 Å². The van der Waals surface area contributed by atoms with Crippen LogP contribution in [0.25, 0.3) is 0 Å². The zero-order chi connectivity index (χ0) is 20.8. The summed E-state index contributed by atoms with van der Waals surface area (Å²) >= 11 is 0. The van der Waals surface area contributed by atoms with Gasteiger partial charge in [-0.15, -0.1) is 0 Å². The van der Waals surface area contributed by atoms with Gasteiger partial charge in [-0.25, -0.2) is 0 Å². The number of ether oxygens (including phenoxy) is 2. The second kappa shape index (κ2) is 9.67. The van der Waals surface area contributed by atoms with E-state index in [4.69, 9.17) is 9.47 Å². The fourth-order valence-electron chi connectivity index (χ4n) is 2.60. The van der Waals surface area contributed by atoms with Crippen LogP contribution in [0.15, 0.2) is 0 Å². The van der Waals surface area contributed by atoms with E-state index < -0.39 is 36.8 Å². The van der Waals surface area contributed by atoms with Crippen molar-refractivity contribution in [1.82, 2.24) is 0 Å². The van der Waals surface area contributed by atoms with Gasteiger partial charge < -0.3 is 9.47 Å². The molecule has 0 radical (unpaired) electrons. The van der Waals surface area contributed by atoms with Crippen molar-refractivity contribution in [2.24, 2.45) is 0 Å². The third-order valence-electron chi connectivity index (χ3n) is 4.29. The molecule has 0 saturated carbocycles. The Morgan fingerprint density at radius 1 is 0.741 bits per heavy atom. The molecule has 0 N–H and O–H groups in total. The molecule has 0 aromatic heterocycles. The Morgan fingerprint density at radius 3 is 1.89 bits per heavy atom. The minimum absolute atomic E-state index is 0.00316. The Bertz CT molecular complexity index is 432. The molecule has 1 unspecified atom stereocenters. The van der Waals surface area contributed by atoms with Gasteiger partial charge in [-0.05, 0) is 32.1 Å². The lowest BCUT2D eigenvalue weighted by Crippen LogP contribution is -2.60. The van der Waals surface area contributed by atoms with Gasteiger partial charge >= 0.3 is 23.9 Å². The van der Waals surface area contributed by atoms with E-state index in [-0.39, 0.29) is 12.7 Å². The lowest BCUT2D eigenvalue weighted by atomic mass is 9.98. The number of alkyl halides is 9. The Hall–Kier alpha value is -0.710. The standard InChI is InChI=1S/C16H23F9O2/c17-13(18,14(19,20)15(21,22)16(23,24)25)9-5-2-1-3-6-10-26-12-8-4-7-11-27-12/h12H,1-11H2. The van der Waals surface area contributed by atoms with Crippen molar-refractivity contribution in [3.05, 3.63) is 0 Å². The third kappa shape index (κ3) is 6.40. The summed E-state index contributed by atoms with van der Waals surface area (Å²) in [5.41, 5.74) is 0. The minimum Gasteiger partial charge on any atom is -0.353 e. The van der Waals surface area contributed by atoms with Crippen LogP contribution < -0.4 is 0 Å². The molecule has 1 aliphatic rings. The first-order chi connectivity index (χ1) is 12.3. The summed E-state index contributed by atoms with van der Waals surface area (Å²) in [4.78, 5) is 0. The highest BCUT2D eigenvalue weighted by Gasteiger charge is 2.81. The summed E-state index contributed by atoms with van der Waals surface area (Å²) in [6.45, 7) is 0.994. The van der Waals surface area contributed by atoms with Crippen molar-refractivity contribution in [2.45, 2.75) is 88.0 Å². The first-order valence-corrected chi connectivity index (χ1v) is 8.76. The van der Waals surface area contributed by atoms with Crippen molar-refractivity contribution in [3.63, 3.8) is 0 Å². The number of unbranched alkanes of at least 4 members (excludes halogenated alkanes) is 4. The SMILES string of the molecule is FC(F)(F)C(F)(F)C(F)(F)C(F)(F)CCCCCCCOC1CCCCO1. The molecule has 0 aromatic rings. The van der Waals surface area contributed by atoms with E-state index in [9.17, 15) is 39.5 Å². The summed E-state index contributed by atoms with van der Waals surface area (Å²) in [6, 6.07) is 0. The quantitative estimate of drug-likeness (QED) is 0.288. The van der Waals surface area contributed by atoms with Crippen LogP contribution in [0.3, 0.4) is 0 Å². The average molecular weight is 418 g/mol. The van der Waals surface area contributed by atoms with Crippen LogP contribution in [0, 0.1) is 0 Å². The summed E-state index contributed by atoms with van der Waals surface area (Å²) in [5.74, 6) is -18.8. The Labute approximate surface area is 151 Å². The summed E-state index contributed by atoms with van der Waals surface area (Å²) in [5, 5.41) is 0. The van der Waals surface area contributed by atoms with Gasteiger partial charge in [-0.1, -0.05) is 19.3 Å². The van der Waals surface area contributed by atoms with Crippen molar-refractivity contribution >= 4 is 0 Å². The average Bonchev–Trinajstić information content (AvgIpc) is 2.56. The number of halogens is 9. The van der Waals surface area contributed by atoms with Gasteiger partial charge in [0.15, 0.2) is 6.29 Å². The molecule has 2 nitrogen and oxygen atoms in total. The van der Waals surface area contributed by atoms with Gasteiger partial charge in [0.2, 0.25) is 0 Å². The molecule has 0 bridgehead atoms. The van der Waals surface area contributed by atoms with Crippen molar-refractivity contribution in [1.29, 1.82) is 0 Å². The van der Waals surface area contributed by atoms with Crippen LogP contribution in [0.4, 0.5) is 39.5 Å². The normalized spacial score (nSPS) is 20.1. The minimum atomic E-state index is -6.80. The van der Waals surface area contributed by atoms with Gasteiger partial charge in [0.25, 0.3) is 0 Å². The second-order valence-electron chi connectivity index (χ2n) is 6.54. The monoisotopic (exact) mass is 418 g/mol. The molecule has 1 aliphatic heterocycles. The van der Waals surface area contributed by atoms with E-state index in [2.05, 4.69) is 0 Å². The molecule has 1 fully saturated rings. The summed E-state index contributed by atoms with van der Waals surface area (Å²) < 4.78 is 125. The molecule has 27 heavy (non-hydrogen) atoms. The highest BCUT2D eigenvalue weighted by atomic mass is 19.4. The maximum Gasteiger partial charge on any atom is 0.460 e. The highest BCUT2D eigenvalue weighted by molar-refractivity contribution is 5.00. The largest absolute Gasteiger partial charge is 0.460 e. The first kappa shape index (κ1) is 24.3. The molecule has 0 spiro atoms. The molecular weight excluding hydrogens is 395 g/mol. The molecule has 1 heterocycles. The summed E-state index contributed by atoms with van der Waals surface area (Å²) in [6.07, 6.45) is -5.19. The maximum absolute atomic E-state index is 13.3. The van der Waals surface area contributed by atoms with E-state index in [1.165, 1.54) is 0 Å². The lowest BCUT2D eigenvalue weighted by Gasteiger charge is -2.33. The van der Waals surface area contributed by atoms with Gasteiger partial charge in [0.05, 0.1) is 0 Å². The van der Waals surface area contributed by atoms with Gasteiger partial charge in [-0.3, -0.25) is 0 Å². The van der Waals surface area contributed by atoms with Crippen LogP contribution in [-0.4, -0.2) is 43.4 Å². The molecule has 0 amide bonds. The van der Waals surface area contributed by atoms with Crippen molar-refractivity contribution in [3.8, 4) is 0 Å². The molecule has 11 heteroatoms. The predicted octanol–water partition coefficient (Wildman–Crippen LogP) is 6.34. The Kier molecular flexibility index (Phi) is 8.71. The predicted molar refractivity (Wildman–Crippen MR) is 78.1 cm³/mol. The number of rotatable bonds is 11. The van der Waals surface area contributed by atoms with E-state index in [1.807, 2.05) is 0 Å². The molecule has 0 aliphatic carbocycles. The van der Waals surface area contributed by atoms with E-state index in [0.29, 0.717) is 32.5 Å². The molecule has 1 atom stereocenters. The smallest absolute Gasteiger partial charge is 0.353 e. The van der Waals surface area contributed by atoms with Crippen LogP contribution in [-0.2, 0) is 9.47 Å². The van der Waals surface area contributed by atoms with Crippen molar-refractivity contribution in [2.75, 3.05) is 13.2 Å². The fraction of sp³-hybridized carbons (Fsp3) is 1.00. The van der Waals surface area contributed by atoms with E-state index >= 15 is 0 Å². The molecule has 1 rings (SSSR count). The topological polar surface area (TPSA) is 18.5 Å². The zero-order valence-electron chi connectivity index (χ0n) is 14.6. The fourth-order valence-corrected chi connectivity index (χ4v) is 2.60. The van der Waals surface area contributed by atoms with Crippen LogP contribution in [0.5, 0.6) is 0 Å². The Balaban J connectivity index is 2.25. The van der Waals surface area contributed by atoms with E-state index in [0.717, 1.165) is 19.3 Å². The van der Waals surface area contributed by atoms with E-state index in [1.54, 1.807) is 0 Å². The van der Waals surface area contributed by atoms with Crippen LogP contribution >= 0.6 is 0 Å². The highest BCUT2D eigenvalue weighted by Crippen LogP contribution is 2.54. The van der Waals surface area contributed by atoms with Crippen LogP contribution in [0.1, 0.15) is 57.8 Å². The first-order valence-electron chi connectivity index (χ1n) is 8.76. The Morgan fingerprint density at radius 2 is 1.33 bits per heavy atom. The van der Waals surface area contributed by atoms with Gasteiger partial charge in [-0.2, -0.15) is 39.5 Å². The maximum atomic E-state index is 13.3. The molecule has 162 valence electrons. The molecular formula is C16H23F9O2. The zero-order valence-corrected chi connectivity index (χ0v) is 14.6.